The Bertz CT molecular complexity index is 3490. The van der Waals surface area contributed by atoms with E-state index in [9.17, 15) is 0 Å². The lowest BCUT2D eigenvalue weighted by atomic mass is 9.79. The van der Waals surface area contributed by atoms with E-state index >= 15 is 0 Å². The van der Waals surface area contributed by atoms with E-state index in [1.807, 2.05) is 0 Å². The largest absolute Gasteiger partial charge is 0.460 e. The molecule has 0 bridgehead atoms. The van der Waals surface area contributed by atoms with Gasteiger partial charge in [0.05, 0.1) is 0 Å². The molecule has 11 heterocycles. The van der Waals surface area contributed by atoms with Gasteiger partial charge in [0, 0.05) is 204 Å². The van der Waals surface area contributed by atoms with Gasteiger partial charge >= 0.3 is 36.1 Å². The fourth-order valence-electron chi connectivity index (χ4n) is 23.8. The fourth-order valence-corrected chi connectivity index (χ4v) is 23.8. The van der Waals surface area contributed by atoms with Crippen molar-refractivity contribution >= 4 is 17.8 Å². The highest BCUT2D eigenvalue weighted by Gasteiger charge is 2.53. The molecule has 26 nitrogen and oxygen atoms in total. The molecule has 0 radical (unpaired) electrons. The third kappa shape index (κ3) is 22.1. The van der Waals surface area contributed by atoms with E-state index in [-0.39, 0.29) is 149 Å². The van der Waals surface area contributed by atoms with Crippen LogP contribution in [0.4, 0.5) is 17.8 Å². The van der Waals surface area contributed by atoms with E-state index in [0.29, 0.717) is 80.9 Å². The molecule has 0 amide bonds. The van der Waals surface area contributed by atoms with Gasteiger partial charge in [-0.25, -0.2) is 0 Å². The molecule has 8 aliphatic rings. The molecule has 676 valence electrons. The van der Waals surface area contributed by atoms with Crippen LogP contribution < -0.4 is 53.8 Å². The number of piperidine rings is 8. The lowest BCUT2D eigenvalue weighted by Crippen LogP contribution is -2.62. The maximum Gasteiger partial charge on any atom is 0.324 e. The van der Waals surface area contributed by atoms with E-state index in [1.165, 1.54) is 0 Å². The molecule has 3 aromatic rings. The Morgan fingerprint density at radius 2 is 0.395 bits per heavy atom. The first-order valence-corrected chi connectivity index (χ1v) is 45.7. The van der Waals surface area contributed by atoms with E-state index in [0.717, 1.165) is 103 Å². The molecule has 2 N–H and O–H groups in total. The highest BCUT2D eigenvalue weighted by atomic mass is 16.5. The number of nitrogens with zero attached hydrogens (tertiary/aromatic N) is 18. The summed E-state index contributed by atoms with van der Waals surface area (Å²) in [6, 6.07) is 1.68. The van der Waals surface area contributed by atoms with E-state index in [4.69, 9.17) is 73.3 Å². The summed E-state index contributed by atoms with van der Waals surface area (Å²) in [5.74, 6) is 1.59. The van der Waals surface area contributed by atoms with Crippen LogP contribution in [0.3, 0.4) is 0 Å². The molecule has 0 saturated carbocycles. The zero-order chi connectivity index (χ0) is 88.6. The molecule has 8 fully saturated rings. The number of aromatic nitrogens is 9. The number of hydrogen-bond donors (Lipinski definition) is 2. The normalized spacial score (nSPS) is 27.3. The van der Waals surface area contributed by atoms with Crippen molar-refractivity contribution in [1.82, 2.24) is 84.9 Å². The van der Waals surface area contributed by atoms with Gasteiger partial charge < -0.3 is 53.8 Å². The van der Waals surface area contributed by atoms with Crippen LogP contribution in [-0.2, 0) is 0 Å². The number of likely N-dealkylation sites (tertiary alicyclic amines) is 6. The number of rotatable bonds is 25. The number of ether oxygens (including phenoxy) is 6. The zero-order valence-corrected chi connectivity index (χ0v) is 82.2. The van der Waals surface area contributed by atoms with Gasteiger partial charge in [0.15, 0.2) is 0 Å². The second kappa shape index (κ2) is 32.7. The number of nitrogens with one attached hydrogen (secondary N) is 2. The van der Waals surface area contributed by atoms with Crippen LogP contribution in [0.5, 0.6) is 36.1 Å². The first-order valence-electron chi connectivity index (χ1n) is 45.7. The molecule has 26 heteroatoms. The monoisotopic (exact) mass is 1660 g/mol. The molecule has 119 heavy (non-hydrogen) atoms. The van der Waals surface area contributed by atoms with Gasteiger partial charge in [-0.2, -0.15) is 29.9 Å². The van der Waals surface area contributed by atoms with Gasteiger partial charge in [-0.1, -0.05) is 0 Å². The molecule has 11 rings (SSSR count). The van der Waals surface area contributed by atoms with Crippen LogP contribution >= 0.6 is 0 Å². The van der Waals surface area contributed by atoms with Crippen molar-refractivity contribution in [3.05, 3.63) is 0 Å². The fraction of sp³-hybridized carbons (Fsp3) is 0.903. The minimum absolute atomic E-state index is 0.00605. The smallest absolute Gasteiger partial charge is 0.324 e. The van der Waals surface area contributed by atoms with Crippen LogP contribution in [0.2, 0.25) is 0 Å². The van der Waals surface area contributed by atoms with Crippen molar-refractivity contribution in [1.29, 1.82) is 0 Å². The van der Waals surface area contributed by atoms with E-state index in [1.54, 1.807) is 0 Å². The summed E-state index contributed by atoms with van der Waals surface area (Å²) in [6.45, 7) is 76.3. The van der Waals surface area contributed by atoms with Crippen molar-refractivity contribution in [3.8, 4) is 36.1 Å². The van der Waals surface area contributed by atoms with Gasteiger partial charge in [-0.15, -0.1) is 15.0 Å². The molecule has 3 aromatic heterocycles. The first kappa shape index (κ1) is 94.6. The zero-order valence-electron chi connectivity index (χ0n) is 82.2. The predicted octanol–water partition coefficient (Wildman–Crippen LogP) is 15.6. The molecule has 0 atom stereocenters. The van der Waals surface area contributed by atoms with Crippen LogP contribution in [0.25, 0.3) is 0 Å². The summed E-state index contributed by atoms with van der Waals surface area (Å²) in [5, 5.41) is 8.05. The molecule has 0 aromatic carbocycles. The topological polar surface area (TPSA) is 225 Å². The Kier molecular flexibility index (Phi) is 26.0. The average Bonchev–Trinajstić information content (AvgIpc) is 0.779. The maximum absolute atomic E-state index is 7.27. The van der Waals surface area contributed by atoms with Gasteiger partial charge in [0.2, 0.25) is 17.8 Å². The number of hydrogen-bond acceptors (Lipinski definition) is 26. The van der Waals surface area contributed by atoms with Crippen LogP contribution in [0.1, 0.15) is 337 Å². The van der Waals surface area contributed by atoms with Crippen LogP contribution in [0.15, 0.2) is 0 Å². The van der Waals surface area contributed by atoms with Crippen molar-refractivity contribution < 1.29 is 28.4 Å². The van der Waals surface area contributed by atoms with Crippen LogP contribution in [0, 0.1) is 0 Å². The van der Waals surface area contributed by atoms with E-state index in [2.05, 4.69) is 319 Å². The van der Waals surface area contributed by atoms with Gasteiger partial charge in [-0.3, -0.25) is 29.4 Å². The van der Waals surface area contributed by atoms with Crippen LogP contribution in [-0.4, -0.2) is 280 Å². The van der Waals surface area contributed by atoms with Gasteiger partial charge in [-0.05, 0) is 302 Å². The highest BCUT2D eigenvalue weighted by Crippen LogP contribution is 2.47. The maximum atomic E-state index is 7.27. The SMILES string of the molecule is CN1C(C)(C)CC(Oc2nc(OC3CC(C)(C)N(C)C(C)(C)C3)nc(N(CCCN(c3nc(OC4CC(C)(C)N(C)C(C)(C)C4)nc(OC4CC(C)(C)N(C)C(C)(C)C4)n3)C3CC(C)(C)NC(C)(C)C3)CCCN(c3nc(OC4CC(C)(C)N(C)C(C)(C)C4)nc(OC4CC(C)(C)N(C)C(C)(C)C4)n3)C3CC(C)(C)NC(C)(C)C3)n2)CC1(C)C. The first-order chi connectivity index (χ1) is 54.1. The second-order valence-electron chi connectivity index (χ2n) is 48.6. The minimum Gasteiger partial charge on any atom is -0.460 e. The van der Waals surface area contributed by atoms with Crippen molar-refractivity contribution in [2.45, 2.75) is 474 Å². The second-order valence-corrected chi connectivity index (χ2v) is 48.6. The summed E-state index contributed by atoms with van der Waals surface area (Å²) >= 11 is 0. The molecule has 8 saturated heterocycles. The van der Waals surface area contributed by atoms with Crippen molar-refractivity contribution in [2.75, 3.05) is 83.2 Å². The predicted molar refractivity (Wildman–Crippen MR) is 482 cm³/mol. The third-order valence-corrected chi connectivity index (χ3v) is 30.7. The molecular weight excluding hydrogens is 1490 g/mol. The molecular formula is C93H168N20O6. The van der Waals surface area contributed by atoms with Gasteiger partial charge in [0.1, 0.15) is 36.6 Å². The Morgan fingerprint density at radius 3 is 0.563 bits per heavy atom. The Hall–Kier alpha value is -5.09. The van der Waals surface area contributed by atoms with Crippen molar-refractivity contribution in [3.63, 3.8) is 0 Å². The summed E-state index contributed by atoms with van der Waals surface area (Å²) in [6.07, 6.45) is 13.1. The summed E-state index contributed by atoms with van der Waals surface area (Å²) in [5.41, 5.74) is -2.84. The van der Waals surface area contributed by atoms with E-state index < -0.39 is 0 Å². The number of anilines is 3. The summed E-state index contributed by atoms with van der Waals surface area (Å²) in [4.78, 5) is 71.0. The molecule has 0 spiro atoms. The molecule has 0 unspecified atom stereocenters. The quantitative estimate of drug-likeness (QED) is 0.0804. The van der Waals surface area contributed by atoms with Gasteiger partial charge in [0.25, 0.3) is 0 Å². The summed E-state index contributed by atoms with van der Waals surface area (Å²) in [7, 11) is 13.4. The standard InChI is InChI=1S/C93H168N20O6/c1-78(2)45-61(46-79(3,4)103-78)112(70-96-74(116-65-53-86(17,18)107(35)87(19,20)54-65)101-75(97-70)117-66-55-88(21,22)108(36)89(23,24)56-66)43-39-41-111(69-94-72(114-63-49-82(9,10)105(33)83(11,12)50-63)100-73(95-69)115-64-51-84(13,14)106(34)85(15,16)52-64)42-40-44-113(62-47-80(5,6)104-81(7,8)48-62)71-98-76(118-67-57-90(25,26)109(37)91(27,28)58-67)102-77(99-71)119-68-59-92(29,30)110(38)93(31,32)60-68/h61-68,103-104H,39-60H2,1-38H3. The molecule has 0 aliphatic carbocycles. The third-order valence-electron chi connectivity index (χ3n) is 30.7. The highest BCUT2D eigenvalue weighted by molar-refractivity contribution is 5.39. The lowest BCUT2D eigenvalue weighted by molar-refractivity contribution is -0.0617. The van der Waals surface area contributed by atoms with Crippen molar-refractivity contribution in [2.24, 2.45) is 0 Å². The minimum atomic E-state index is -0.239. The molecule has 8 aliphatic heterocycles. The Labute approximate surface area is 721 Å². The summed E-state index contributed by atoms with van der Waals surface area (Å²) < 4.78 is 43.4. The Morgan fingerprint density at radius 1 is 0.235 bits per heavy atom. The Balaban J connectivity index is 1.04. The average molecular weight is 1660 g/mol. The lowest BCUT2D eigenvalue weighted by Gasteiger charge is -2.53.